The van der Waals surface area contributed by atoms with Crippen LogP contribution in [0.3, 0.4) is 0 Å². The molecule has 0 saturated heterocycles. The molecule has 14 heavy (non-hydrogen) atoms. The zero-order valence-corrected chi connectivity index (χ0v) is 7.38. The lowest BCUT2D eigenvalue weighted by Crippen LogP contribution is -2.08. The lowest BCUT2D eigenvalue weighted by molar-refractivity contribution is 1.16. The molecule has 0 unspecified atom stereocenters. The van der Waals surface area contributed by atoms with Gasteiger partial charge in [0.1, 0.15) is 0 Å². The first kappa shape index (κ1) is 8.58. The Bertz CT molecular complexity index is 397. The fraction of sp³-hybridized carbons (Fsp3) is 0. The van der Waals surface area contributed by atoms with E-state index in [0.29, 0.717) is 5.82 Å². The Kier molecular flexibility index (Phi) is 2.33. The minimum atomic E-state index is 0.539. The van der Waals surface area contributed by atoms with Crippen LogP contribution in [0.2, 0.25) is 0 Å². The molecule has 0 atom stereocenters. The molecule has 0 spiro atoms. The average Bonchev–Trinajstić information content (AvgIpc) is 2.30. The lowest BCUT2D eigenvalue weighted by Gasteiger charge is -2.00. The minimum Gasteiger partial charge on any atom is -0.307 e. The first-order valence-electron chi connectivity index (χ1n) is 4.09. The summed E-state index contributed by atoms with van der Waals surface area (Å²) >= 11 is 0. The van der Waals surface area contributed by atoms with Crippen LogP contribution in [-0.2, 0) is 0 Å². The molecule has 5 nitrogen and oxygen atoms in total. The third-order valence-corrected chi connectivity index (χ3v) is 1.76. The van der Waals surface area contributed by atoms with Gasteiger partial charge >= 0.3 is 0 Å². The van der Waals surface area contributed by atoms with Crippen molar-refractivity contribution < 1.29 is 0 Å². The second-order valence-corrected chi connectivity index (χ2v) is 2.67. The van der Waals surface area contributed by atoms with Crippen LogP contribution < -0.4 is 11.3 Å². The maximum atomic E-state index is 5.17. The van der Waals surface area contributed by atoms with E-state index in [1.807, 2.05) is 12.1 Å². The molecular formula is C9H9N5. The first-order chi connectivity index (χ1) is 6.90. The zero-order valence-electron chi connectivity index (χ0n) is 7.38. The van der Waals surface area contributed by atoms with E-state index in [1.165, 1.54) is 0 Å². The van der Waals surface area contributed by atoms with Gasteiger partial charge in [0.15, 0.2) is 5.82 Å². The van der Waals surface area contributed by atoms with Gasteiger partial charge in [0.25, 0.3) is 0 Å². The van der Waals surface area contributed by atoms with Crippen LogP contribution in [-0.4, -0.2) is 15.0 Å². The molecule has 70 valence electrons. The molecule has 0 radical (unpaired) electrons. The number of nitrogens with zero attached hydrogens (tertiary/aromatic N) is 3. The molecule has 3 N–H and O–H groups in total. The van der Waals surface area contributed by atoms with Gasteiger partial charge in [-0.05, 0) is 12.1 Å². The molecule has 0 saturated carbocycles. The van der Waals surface area contributed by atoms with E-state index in [1.54, 1.807) is 24.8 Å². The Labute approximate surface area is 81.0 Å². The van der Waals surface area contributed by atoms with E-state index < -0.39 is 0 Å². The Morgan fingerprint density at radius 2 is 2.07 bits per heavy atom. The van der Waals surface area contributed by atoms with E-state index in [4.69, 9.17) is 5.84 Å². The van der Waals surface area contributed by atoms with Crippen molar-refractivity contribution in [1.82, 2.24) is 15.0 Å². The molecule has 5 heteroatoms. The van der Waals surface area contributed by atoms with Gasteiger partial charge in [-0.15, -0.1) is 0 Å². The normalized spacial score (nSPS) is 9.79. The highest BCUT2D eigenvalue weighted by Gasteiger charge is 1.98. The summed E-state index contributed by atoms with van der Waals surface area (Å²) in [5, 5.41) is 0. The maximum absolute atomic E-state index is 5.17. The van der Waals surface area contributed by atoms with E-state index >= 15 is 0 Å². The van der Waals surface area contributed by atoms with E-state index in [-0.39, 0.29) is 0 Å². The Morgan fingerprint density at radius 1 is 1.14 bits per heavy atom. The van der Waals surface area contributed by atoms with Crippen molar-refractivity contribution in [3.63, 3.8) is 0 Å². The van der Waals surface area contributed by atoms with Crippen LogP contribution in [0.1, 0.15) is 0 Å². The highest BCUT2D eigenvalue weighted by atomic mass is 15.3. The van der Waals surface area contributed by atoms with Crippen molar-refractivity contribution in [2.45, 2.75) is 0 Å². The third-order valence-electron chi connectivity index (χ3n) is 1.76. The highest BCUT2D eigenvalue weighted by molar-refractivity contribution is 5.57. The Hall–Kier alpha value is -2.01. The fourth-order valence-corrected chi connectivity index (χ4v) is 1.07. The molecule has 0 aliphatic rings. The summed E-state index contributed by atoms with van der Waals surface area (Å²) in [7, 11) is 0. The molecule has 0 aromatic carbocycles. The van der Waals surface area contributed by atoms with Crippen molar-refractivity contribution in [2.75, 3.05) is 5.43 Å². The van der Waals surface area contributed by atoms with Gasteiger partial charge in [0, 0.05) is 18.0 Å². The summed E-state index contributed by atoms with van der Waals surface area (Å²) in [6, 6.07) is 3.78. The second-order valence-electron chi connectivity index (χ2n) is 2.67. The molecule has 0 fully saturated rings. The number of pyridine rings is 1. The van der Waals surface area contributed by atoms with Gasteiger partial charge in [-0.25, -0.2) is 10.8 Å². The predicted octanol–water partition coefficient (Wildman–Crippen LogP) is 0.824. The summed E-state index contributed by atoms with van der Waals surface area (Å²) in [6.45, 7) is 0. The number of hydrazine groups is 1. The third kappa shape index (κ3) is 1.67. The van der Waals surface area contributed by atoms with Gasteiger partial charge < -0.3 is 5.43 Å². The van der Waals surface area contributed by atoms with Gasteiger partial charge in [-0.1, -0.05) is 0 Å². The quantitative estimate of drug-likeness (QED) is 0.537. The van der Waals surface area contributed by atoms with E-state index in [2.05, 4.69) is 20.4 Å². The number of hydrogen-bond acceptors (Lipinski definition) is 5. The number of rotatable bonds is 2. The highest BCUT2D eigenvalue weighted by Crippen LogP contribution is 2.13. The summed E-state index contributed by atoms with van der Waals surface area (Å²) < 4.78 is 0. The Morgan fingerprint density at radius 3 is 2.64 bits per heavy atom. The fourth-order valence-electron chi connectivity index (χ4n) is 1.07. The van der Waals surface area contributed by atoms with Crippen molar-refractivity contribution in [3.8, 4) is 11.3 Å². The van der Waals surface area contributed by atoms with Gasteiger partial charge in [-0.2, -0.15) is 0 Å². The zero-order chi connectivity index (χ0) is 9.80. The summed E-state index contributed by atoms with van der Waals surface area (Å²) in [5.74, 6) is 5.71. The average molecular weight is 187 g/mol. The van der Waals surface area contributed by atoms with Crippen LogP contribution >= 0.6 is 0 Å². The van der Waals surface area contributed by atoms with Crippen LogP contribution in [0.5, 0.6) is 0 Å². The standard InChI is InChI=1S/C9H9N5/c10-14-9-6-12-8(5-13-9)7-2-1-3-11-4-7/h1-6H,10H2,(H,13,14). The number of hydrogen-bond donors (Lipinski definition) is 2. The van der Waals surface area contributed by atoms with Crippen LogP contribution in [0.15, 0.2) is 36.9 Å². The first-order valence-corrected chi connectivity index (χ1v) is 4.09. The van der Waals surface area contributed by atoms with Crippen molar-refractivity contribution in [3.05, 3.63) is 36.9 Å². The number of nitrogens with two attached hydrogens (primary N) is 1. The number of nitrogens with one attached hydrogen (secondary N) is 1. The summed E-state index contributed by atoms with van der Waals surface area (Å²) in [4.78, 5) is 12.2. The van der Waals surface area contributed by atoms with Crippen LogP contribution in [0.4, 0.5) is 5.82 Å². The molecule has 0 bridgehead atoms. The monoisotopic (exact) mass is 187 g/mol. The molecule has 0 aliphatic carbocycles. The maximum Gasteiger partial charge on any atom is 0.158 e. The largest absolute Gasteiger partial charge is 0.307 e. The molecule has 0 amide bonds. The molecule has 0 aliphatic heterocycles. The lowest BCUT2D eigenvalue weighted by atomic mass is 10.2. The van der Waals surface area contributed by atoms with Gasteiger partial charge in [0.2, 0.25) is 0 Å². The molecule has 2 heterocycles. The molecule has 2 rings (SSSR count). The minimum absolute atomic E-state index is 0.539. The number of aromatic nitrogens is 3. The summed E-state index contributed by atoms with van der Waals surface area (Å²) in [5.41, 5.74) is 4.13. The molecule has 2 aromatic heterocycles. The summed E-state index contributed by atoms with van der Waals surface area (Å²) in [6.07, 6.45) is 6.67. The second kappa shape index (κ2) is 3.80. The van der Waals surface area contributed by atoms with Crippen molar-refractivity contribution in [2.24, 2.45) is 5.84 Å². The van der Waals surface area contributed by atoms with Crippen molar-refractivity contribution >= 4 is 5.82 Å². The topological polar surface area (TPSA) is 76.7 Å². The Balaban J connectivity index is 2.34. The van der Waals surface area contributed by atoms with Crippen LogP contribution in [0, 0.1) is 0 Å². The SMILES string of the molecule is NNc1cnc(-c2cccnc2)cn1. The van der Waals surface area contributed by atoms with Gasteiger partial charge in [0.05, 0.1) is 18.1 Å². The van der Waals surface area contributed by atoms with E-state index in [9.17, 15) is 0 Å². The van der Waals surface area contributed by atoms with Gasteiger partial charge in [-0.3, -0.25) is 9.97 Å². The molecule has 2 aromatic rings. The van der Waals surface area contributed by atoms with E-state index in [0.717, 1.165) is 11.3 Å². The van der Waals surface area contributed by atoms with Crippen LogP contribution in [0.25, 0.3) is 11.3 Å². The van der Waals surface area contributed by atoms with Crippen molar-refractivity contribution in [1.29, 1.82) is 0 Å². The predicted molar refractivity (Wildman–Crippen MR) is 53.1 cm³/mol. The number of nitrogen functional groups attached to an aromatic ring is 1. The molecular weight excluding hydrogens is 178 g/mol. The number of anilines is 1. The smallest absolute Gasteiger partial charge is 0.158 e.